The first-order valence-corrected chi connectivity index (χ1v) is 4.92. The Morgan fingerprint density at radius 1 is 1.44 bits per heavy atom. The van der Waals surface area contributed by atoms with Crippen LogP contribution >= 0.6 is 0 Å². The van der Waals surface area contributed by atoms with Gasteiger partial charge in [0.05, 0.1) is 13.3 Å². The number of oxime groups is 1. The van der Waals surface area contributed by atoms with Crippen molar-refractivity contribution in [3.8, 4) is 5.75 Å². The number of methoxy groups -OCH3 is 1. The summed E-state index contributed by atoms with van der Waals surface area (Å²) in [6.45, 7) is 0.479. The molecule has 0 saturated heterocycles. The SMILES string of the molecule is COc1ccc(CO/N=C/C(O)CN)cc1. The van der Waals surface area contributed by atoms with E-state index in [0.717, 1.165) is 11.3 Å². The van der Waals surface area contributed by atoms with Crippen molar-refractivity contribution in [3.05, 3.63) is 29.8 Å². The Labute approximate surface area is 94.5 Å². The first kappa shape index (κ1) is 12.5. The minimum atomic E-state index is -0.754. The van der Waals surface area contributed by atoms with Gasteiger partial charge in [-0.3, -0.25) is 0 Å². The lowest BCUT2D eigenvalue weighted by molar-refractivity contribution is 0.127. The third-order valence-corrected chi connectivity index (χ3v) is 1.94. The van der Waals surface area contributed by atoms with E-state index in [9.17, 15) is 0 Å². The lowest BCUT2D eigenvalue weighted by Crippen LogP contribution is -2.20. The van der Waals surface area contributed by atoms with Gasteiger partial charge in [-0.1, -0.05) is 17.3 Å². The molecule has 1 unspecified atom stereocenters. The number of nitrogens with zero attached hydrogens (tertiary/aromatic N) is 1. The molecule has 0 amide bonds. The molecule has 0 fully saturated rings. The molecule has 0 saturated carbocycles. The normalized spacial score (nSPS) is 12.7. The zero-order valence-corrected chi connectivity index (χ0v) is 9.17. The molecule has 3 N–H and O–H groups in total. The van der Waals surface area contributed by atoms with E-state index in [1.54, 1.807) is 7.11 Å². The van der Waals surface area contributed by atoms with Crippen LogP contribution in [0.2, 0.25) is 0 Å². The standard InChI is InChI=1S/C11H16N2O3/c1-15-11-4-2-9(3-5-11)8-16-13-7-10(14)6-12/h2-5,7,10,14H,6,8,12H2,1H3/b13-7+. The van der Waals surface area contributed by atoms with E-state index in [0.29, 0.717) is 6.61 Å². The first-order chi connectivity index (χ1) is 7.76. The summed E-state index contributed by atoms with van der Waals surface area (Å²) in [6, 6.07) is 7.45. The van der Waals surface area contributed by atoms with Crippen molar-refractivity contribution in [1.82, 2.24) is 0 Å². The predicted molar refractivity (Wildman–Crippen MR) is 61.3 cm³/mol. The van der Waals surface area contributed by atoms with E-state index in [2.05, 4.69) is 5.16 Å². The van der Waals surface area contributed by atoms with Crippen molar-refractivity contribution in [2.45, 2.75) is 12.7 Å². The van der Waals surface area contributed by atoms with Crippen LogP contribution in [-0.4, -0.2) is 31.1 Å². The molecule has 16 heavy (non-hydrogen) atoms. The van der Waals surface area contributed by atoms with Crippen LogP contribution in [0.15, 0.2) is 29.4 Å². The number of rotatable bonds is 6. The minimum absolute atomic E-state index is 0.134. The largest absolute Gasteiger partial charge is 0.497 e. The van der Waals surface area contributed by atoms with Gasteiger partial charge in [-0.15, -0.1) is 0 Å². The van der Waals surface area contributed by atoms with Crippen molar-refractivity contribution in [2.24, 2.45) is 10.9 Å². The number of nitrogens with two attached hydrogens (primary N) is 1. The van der Waals surface area contributed by atoms with Gasteiger partial charge in [-0.25, -0.2) is 0 Å². The van der Waals surface area contributed by atoms with Crippen molar-refractivity contribution in [2.75, 3.05) is 13.7 Å². The Bertz CT molecular complexity index is 325. The second-order valence-corrected chi connectivity index (χ2v) is 3.18. The average Bonchev–Trinajstić information content (AvgIpc) is 2.35. The van der Waals surface area contributed by atoms with Gasteiger partial charge in [0.25, 0.3) is 0 Å². The van der Waals surface area contributed by atoms with Crippen molar-refractivity contribution in [1.29, 1.82) is 0 Å². The highest BCUT2D eigenvalue weighted by molar-refractivity contribution is 5.62. The van der Waals surface area contributed by atoms with Gasteiger partial charge in [0.2, 0.25) is 0 Å². The molecule has 5 heteroatoms. The average molecular weight is 224 g/mol. The van der Waals surface area contributed by atoms with Gasteiger partial charge in [0.1, 0.15) is 18.5 Å². The summed E-state index contributed by atoms with van der Waals surface area (Å²) in [7, 11) is 1.62. The van der Waals surface area contributed by atoms with E-state index in [1.165, 1.54) is 6.21 Å². The zero-order valence-electron chi connectivity index (χ0n) is 9.17. The van der Waals surface area contributed by atoms with Gasteiger partial charge in [0.15, 0.2) is 0 Å². The molecule has 5 nitrogen and oxygen atoms in total. The Morgan fingerprint density at radius 3 is 2.69 bits per heavy atom. The monoisotopic (exact) mass is 224 g/mol. The lowest BCUT2D eigenvalue weighted by atomic mass is 10.2. The smallest absolute Gasteiger partial charge is 0.142 e. The predicted octanol–water partition coefficient (Wildman–Crippen LogP) is 0.517. The molecule has 1 rings (SSSR count). The molecule has 0 aromatic heterocycles. The van der Waals surface area contributed by atoms with Gasteiger partial charge >= 0.3 is 0 Å². The van der Waals surface area contributed by atoms with Gasteiger partial charge in [-0.05, 0) is 17.7 Å². The fourth-order valence-electron chi connectivity index (χ4n) is 1.01. The van der Waals surface area contributed by atoms with Crippen LogP contribution in [0.1, 0.15) is 5.56 Å². The molecule has 0 aliphatic carbocycles. The molecule has 1 aromatic carbocycles. The van der Waals surface area contributed by atoms with Crippen molar-refractivity contribution >= 4 is 6.21 Å². The quantitative estimate of drug-likeness (QED) is 0.545. The van der Waals surface area contributed by atoms with Crippen LogP contribution in [0.5, 0.6) is 5.75 Å². The Hall–Kier alpha value is -1.59. The molecule has 1 atom stereocenters. The van der Waals surface area contributed by atoms with Crippen LogP contribution in [0.25, 0.3) is 0 Å². The van der Waals surface area contributed by atoms with E-state index in [1.807, 2.05) is 24.3 Å². The summed E-state index contributed by atoms with van der Waals surface area (Å²) in [5.74, 6) is 0.797. The number of hydrogen-bond donors (Lipinski definition) is 2. The fraction of sp³-hybridized carbons (Fsp3) is 0.364. The maximum absolute atomic E-state index is 9.05. The number of aliphatic hydroxyl groups excluding tert-OH is 1. The van der Waals surface area contributed by atoms with Crippen LogP contribution in [0, 0.1) is 0 Å². The molecular weight excluding hydrogens is 208 g/mol. The third kappa shape index (κ3) is 4.29. The summed E-state index contributed by atoms with van der Waals surface area (Å²) >= 11 is 0. The van der Waals surface area contributed by atoms with Crippen molar-refractivity contribution < 1.29 is 14.7 Å². The van der Waals surface area contributed by atoms with Crippen LogP contribution in [-0.2, 0) is 11.4 Å². The molecular formula is C11H16N2O3. The van der Waals surface area contributed by atoms with Gasteiger partial charge < -0.3 is 20.4 Å². The fourth-order valence-corrected chi connectivity index (χ4v) is 1.01. The first-order valence-electron chi connectivity index (χ1n) is 4.92. The summed E-state index contributed by atoms with van der Waals surface area (Å²) < 4.78 is 5.02. The van der Waals surface area contributed by atoms with E-state index in [4.69, 9.17) is 20.4 Å². The summed E-state index contributed by atoms with van der Waals surface area (Å²) in [4.78, 5) is 4.98. The minimum Gasteiger partial charge on any atom is -0.497 e. The maximum Gasteiger partial charge on any atom is 0.142 e. The topological polar surface area (TPSA) is 77.1 Å². The second-order valence-electron chi connectivity index (χ2n) is 3.18. The van der Waals surface area contributed by atoms with Crippen LogP contribution < -0.4 is 10.5 Å². The second kappa shape index (κ2) is 6.81. The van der Waals surface area contributed by atoms with Crippen LogP contribution in [0.3, 0.4) is 0 Å². The number of benzene rings is 1. The highest BCUT2D eigenvalue weighted by Crippen LogP contribution is 2.11. The summed E-state index contributed by atoms with van der Waals surface area (Å²) in [5.41, 5.74) is 6.16. The van der Waals surface area contributed by atoms with E-state index < -0.39 is 6.10 Å². The zero-order chi connectivity index (χ0) is 11.8. The number of aliphatic hydroxyl groups is 1. The third-order valence-electron chi connectivity index (χ3n) is 1.94. The molecule has 0 radical (unpaired) electrons. The Balaban J connectivity index is 2.34. The van der Waals surface area contributed by atoms with E-state index in [-0.39, 0.29) is 6.54 Å². The van der Waals surface area contributed by atoms with Crippen molar-refractivity contribution in [3.63, 3.8) is 0 Å². The van der Waals surface area contributed by atoms with Gasteiger partial charge in [0, 0.05) is 6.54 Å². The Kier molecular flexibility index (Phi) is 5.31. The molecule has 88 valence electrons. The highest BCUT2D eigenvalue weighted by Gasteiger charge is 1.96. The lowest BCUT2D eigenvalue weighted by Gasteiger charge is -2.03. The van der Waals surface area contributed by atoms with Crippen LogP contribution in [0.4, 0.5) is 0 Å². The molecule has 1 aromatic rings. The molecule has 0 bridgehead atoms. The number of hydrogen-bond acceptors (Lipinski definition) is 5. The Morgan fingerprint density at radius 2 is 2.12 bits per heavy atom. The van der Waals surface area contributed by atoms with Gasteiger partial charge in [-0.2, -0.15) is 0 Å². The molecule has 0 spiro atoms. The molecule has 0 heterocycles. The number of ether oxygens (including phenoxy) is 1. The van der Waals surface area contributed by atoms with E-state index >= 15 is 0 Å². The summed E-state index contributed by atoms with van der Waals surface area (Å²) in [6.07, 6.45) is 0.514. The maximum atomic E-state index is 9.05. The summed E-state index contributed by atoms with van der Waals surface area (Å²) in [5, 5.41) is 12.6. The highest BCUT2D eigenvalue weighted by atomic mass is 16.6. The molecule has 0 aliphatic heterocycles. The molecule has 0 aliphatic rings.